The van der Waals surface area contributed by atoms with Crippen LogP contribution in [0.25, 0.3) is 5.69 Å². The summed E-state index contributed by atoms with van der Waals surface area (Å²) in [7, 11) is 1.60. The van der Waals surface area contributed by atoms with Crippen molar-refractivity contribution in [2.45, 2.75) is 20.0 Å². The van der Waals surface area contributed by atoms with Gasteiger partial charge in [0, 0.05) is 7.11 Å². The zero-order valence-electron chi connectivity index (χ0n) is 11.9. The molecule has 1 aromatic heterocycles. The SMILES string of the molecule is CCOC(=O)c1cnn(-c2ccccc2)c1[C@H](C)OC. The molecular formula is C15H18N2O3. The Bertz CT molecular complexity index is 578. The van der Waals surface area contributed by atoms with Crippen molar-refractivity contribution in [1.29, 1.82) is 0 Å². The number of esters is 1. The lowest BCUT2D eigenvalue weighted by Gasteiger charge is -2.14. The van der Waals surface area contributed by atoms with Crippen molar-refractivity contribution in [3.05, 3.63) is 47.8 Å². The Balaban J connectivity index is 2.51. The van der Waals surface area contributed by atoms with Gasteiger partial charge >= 0.3 is 5.97 Å². The van der Waals surface area contributed by atoms with Gasteiger partial charge in [0.05, 0.1) is 30.3 Å². The van der Waals surface area contributed by atoms with Crippen molar-refractivity contribution in [1.82, 2.24) is 9.78 Å². The standard InChI is InChI=1S/C15H18N2O3/c1-4-20-15(18)13-10-16-17(14(13)11(2)19-3)12-8-6-5-7-9-12/h5-11H,4H2,1-3H3/t11-/m0/s1. The summed E-state index contributed by atoms with van der Waals surface area (Å²) in [5.74, 6) is -0.381. The topological polar surface area (TPSA) is 53.3 Å². The summed E-state index contributed by atoms with van der Waals surface area (Å²) in [6, 6.07) is 9.62. The zero-order valence-corrected chi connectivity index (χ0v) is 11.9. The fourth-order valence-corrected chi connectivity index (χ4v) is 2.00. The van der Waals surface area contributed by atoms with E-state index in [-0.39, 0.29) is 12.1 Å². The number of benzene rings is 1. The highest BCUT2D eigenvalue weighted by atomic mass is 16.5. The average Bonchev–Trinajstić information content (AvgIpc) is 2.92. The summed E-state index contributed by atoms with van der Waals surface area (Å²) < 4.78 is 12.1. The molecule has 2 rings (SSSR count). The van der Waals surface area contributed by atoms with E-state index in [4.69, 9.17) is 9.47 Å². The maximum atomic E-state index is 12.0. The van der Waals surface area contributed by atoms with E-state index in [1.807, 2.05) is 37.3 Å². The number of methoxy groups -OCH3 is 1. The quantitative estimate of drug-likeness (QED) is 0.787. The first kappa shape index (κ1) is 14.3. The molecular weight excluding hydrogens is 256 g/mol. The Morgan fingerprint density at radius 3 is 2.65 bits per heavy atom. The predicted molar refractivity (Wildman–Crippen MR) is 74.9 cm³/mol. The molecule has 0 unspecified atom stereocenters. The Hall–Kier alpha value is -2.14. The fraction of sp³-hybridized carbons (Fsp3) is 0.333. The normalized spacial score (nSPS) is 12.2. The minimum atomic E-state index is -0.381. The van der Waals surface area contributed by atoms with Crippen LogP contribution >= 0.6 is 0 Å². The number of carbonyl (C=O) groups excluding carboxylic acids is 1. The molecule has 0 amide bonds. The van der Waals surface area contributed by atoms with Crippen LogP contribution in [0.15, 0.2) is 36.5 Å². The van der Waals surface area contributed by atoms with Crippen LogP contribution in [-0.2, 0) is 9.47 Å². The van der Waals surface area contributed by atoms with Gasteiger partial charge in [-0.1, -0.05) is 18.2 Å². The summed E-state index contributed by atoms with van der Waals surface area (Å²) in [4.78, 5) is 12.0. The fourth-order valence-electron chi connectivity index (χ4n) is 2.00. The second-order valence-corrected chi connectivity index (χ2v) is 4.29. The second kappa shape index (κ2) is 6.34. The Morgan fingerprint density at radius 2 is 2.05 bits per heavy atom. The monoisotopic (exact) mass is 274 g/mol. The molecule has 0 aliphatic heterocycles. The van der Waals surface area contributed by atoms with Gasteiger partial charge in [0.25, 0.3) is 0 Å². The molecule has 0 radical (unpaired) electrons. The van der Waals surface area contributed by atoms with Gasteiger partial charge in [-0.25, -0.2) is 9.48 Å². The number of aromatic nitrogens is 2. The first-order valence-electron chi connectivity index (χ1n) is 6.52. The summed E-state index contributed by atoms with van der Waals surface area (Å²) in [5.41, 5.74) is 2.00. The van der Waals surface area contributed by atoms with Crippen LogP contribution in [0.1, 0.15) is 36.0 Å². The number of rotatable bonds is 5. The number of nitrogens with zero attached hydrogens (tertiary/aromatic N) is 2. The summed E-state index contributed by atoms with van der Waals surface area (Å²) in [5, 5.41) is 4.29. The Kier molecular flexibility index (Phi) is 4.53. The third kappa shape index (κ3) is 2.72. The molecule has 0 saturated carbocycles. The average molecular weight is 274 g/mol. The van der Waals surface area contributed by atoms with Gasteiger partial charge in [-0.05, 0) is 26.0 Å². The largest absolute Gasteiger partial charge is 0.462 e. The Morgan fingerprint density at radius 1 is 1.35 bits per heavy atom. The first-order chi connectivity index (χ1) is 9.69. The van der Waals surface area contributed by atoms with Gasteiger partial charge in [-0.3, -0.25) is 0 Å². The van der Waals surface area contributed by atoms with E-state index in [1.54, 1.807) is 18.7 Å². The molecule has 2 aromatic rings. The van der Waals surface area contributed by atoms with Crippen molar-refractivity contribution in [2.24, 2.45) is 0 Å². The molecule has 5 nitrogen and oxygen atoms in total. The molecule has 0 saturated heterocycles. The highest BCUT2D eigenvalue weighted by molar-refractivity contribution is 5.90. The molecule has 106 valence electrons. The van der Waals surface area contributed by atoms with Crippen molar-refractivity contribution < 1.29 is 14.3 Å². The zero-order chi connectivity index (χ0) is 14.5. The van der Waals surface area contributed by atoms with Crippen LogP contribution < -0.4 is 0 Å². The number of hydrogen-bond acceptors (Lipinski definition) is 4. The third-order valence-corrected chi connectivity index (χ3v) is 3.04. The van der Waals surface area contributed by atoms with Crippen LogP contribution in [0.4, 0.5) is 0 Å². The number of para-hydroxylation sites is 1. The van der Waals surface area contributed by atoms with Crippen LogP contribution in [0.5, 0.6) is 0 Å². The van der Waals surface area contributed by atoms with E-state index >= 15 is 0 Å². The Labute approximate surface area is 118 Å². The van der Waals surface area contributed by atoms with Crippen molar-refractivity contribution in [3.63, 3.8) is 0 Å². The van der Waals surface area contributed by atoms with Crippen molar-refractivity contribution >= 4 is 5.97 Å². The molecule has 0 aliphatic rings. The van der Waals surface area contributed by atoms with Crippen molar-refractivity contribution in [2.75, 3.05) is 13.7 Å². The van der Waals surface area contributed by atoms with E-state index in [9.17, 15) is 4.79 Å². The van der Waals surface area contributed by atoms with E-state index in [1.165, 1.54) is 6.20 Å². The lowest BCUT2D eigenvalue weighted by Crippen LogP contribution is -2.13. The first-order valence-corrected chi connectivity index (χ1v) is 6.52. The van der Waals surface area contributed by atoms with Crippen molar-refractivity contribution in [3.8, 4) is 5.69 Å². The van der Waals surface area contributed by atoms with Crippen LogP contribution in [0.2, 0.25) is 0 Å². The number of ether oxygens (including phenoxy) is 2. The van der Waals surface area contributed by atoms with Gasteiger partial charge in [0.1, 0.15) is 5.56 Å². The molecule has 0 fully saturated rings. The van der Waals surface area contributed by atoms with E-state index < -0.39 is 0 Å². The van der Waals surface area contributed by atoms with Gasteiger partial charge in [-0.2, -0.15) is 5.10 Å². The minimum absolute atomic E-state index is 0.267. The van der Waals surface area contributed by atoms with Gasteiger partial charge < -0.3 is 9.47 Å². The molecule has 1 atom stereocenters. The molecule has 0 bridgehead atoms. The molecule has 5 heteroatoms. The molecule has 0 spiro atoms. The molecule has 0 N–H and O–H groups in total. The number of carbonyl (C=O) groups is 1. The van der Waals surface area contributed by atoms with Crippen LogP contribution in [-0.4, -0.2) is 29.5 Å². The minimum Gasteiger partial charge on any atom is -0.462 e. The lowest BCUT2D eigenvalue weighted by molar-refractivity contribution is 0.0514. The highest BCUT2D eigenvalue weighted by Crippen LogP contribution is 2.24. The summed E-state index contributed by atoms with van der Waals surface area (Å²) in [6.07, 6.45) is 1.26. The maximum Gasteiger partial charge on any atom is 0.341 e. The molecule has 20 heavy (non-hydrogen) atoms. The lowest BCUT2D eigenvalue weighted by atomic mass is 10.1. The van der Waals surface area contributed by atoms with E-state index in [2.05, 4.69) is 5.10 Å². The van der Waals surface area contributed by atoms with Gasteiger partial charge in [-0.15, -0.1) is 0 Å². The van der Waals surface area contributed by atoms with E-state index in [0.717, 1.165) is 5.69 Å². The summed E-state index contributed by atoms with van der Waals surface area (Å²) >= 11 is 0. The third-order valence-electron chi connectivity index (χ3n) is 3.04. The number of hydrogen-bond donors (Lipinski definition) is 0. The highest BCUT2D eigenvalue weighted by Gasteiger charge is 2.23. The summed E-state index contributed by atoms with van der Waals surface area (Å²) in [6.45, 7) is 3.98. The van der Waals surface area contributed by atoms with Gasteiger partial charge in [0.15, 0.2) is 0 Å². The van der Waals surface area contributed by atoms with E-state index in [0.29, 0.717) is 17.9 Å². The molecule has 0 aliphatic carbocycles. The molecule has 1 aromatic carbocycles. The predicted octanol–water partition coefficient (Wildman–Crippen LogP) is 2.76. The maximum absolute atomic E-state index is 12.0. The van der Waals surface area contributed by atoms with Crippen LogP contribution in [0.3, 0.4) is 0 Å². The van der Waals surface area contributed by atoms with Gasteiger partial charge in [0.2, 0.25) is 0 Å². The second-order valence-electron chi connectivity index (χ2n) is 4.29. The van der Waals surface area contributed by atoms with Crippen LogP contribution in [0, 0.1) is 0 Å². The molecule has 1 heterocycles. The smallest absolute Gasteiger partial charge is 0.341 e.